The molecule has 0 aliphatic carbocycles. The van der Waals surface area contributed by atoms with Crippen LogP contribution >= 0.6 is 0 Å². The lowest BCUT2D eigenvalue weighted by atomic mass is 9.99. The summed E-state index contributed by atoms with van der Waals surface area (Å²) < 4.78 is 11.1. The van der Waals surface area contributed by atoms with Crippen LogP contribution in [0.4, 0.5) is 0 Å². The van der Waals surface area contributed by atoms with E-state index in [1.807, 2.05) is 39.8 Å². The summed E-state index contributed by atoms with van der Waals surface area (Å²) in [6, 6.07) is 0.109. The van der Waals surface area contributed by atoms with Crippen LogP contribution in [0.5, 0.6) is 0 Å². The standard InChI is InChI=1S/C11H23NO3/c1-7(2)14-11-10(13)9(12(4)5)6-8(3)15-11/h7-11,13H,6H2,1-5H3/t8?,9?,10?,11-/m1/s1. The molecule has 0 aromatic carbocycles. The predicted octanol–water partition coefficient (Wildman–Crippen LogP) is 0.837. The highest BCUT2D eigenvalue weighted by atomic mass is 16.7. The summed E-state index contributed by atoms with van der Waals surface area (Å²) in [5.41, 5.74) is 0. The average Bonchev–Trinajstić information content (AvgIpc) is 2.09. The number of hydrogen-bond donors (Lipinski definition) is 1. The van der Waals surface area contributed by atoms with Gasteiger partial charge in [0.05, 0.1) is 12.2 Å². The van der Waals surface area contributed by atoms with Crippen molar-refractivity contribution in [2.75, 3.05) is 14.1 Å². The first kappa shape index (κ1) is 12.9. The van der Waals surface area contributed by atoms with Gasteiger partial charge in [-0.1, -0.05) is 0 Å². The Morgan fingerprint density at radius 3 is 2.47 bits per heavy atom. The molecule has 1 aliphatic rings. The highest BCUT2D eigenvalue weighted by Gasteiger charge is 2.38. The minimum Gasteiger partial charge on any atom is -0.386 e. The summed E-state index contributed by atoms with van der Waals surface area (Å²) in [4.78, 5) is 2.03. The van der Waals surface area contributed by atoms with E-state index in [0.717, 1.165) is 6.42 Å². The Morgan fingerprint density at radius 2 is 2.00 bits per heavy atom. The maximum absolute atomic E-state index is 10.1. The molecule has 15 heavy (non-hydrogen) atoms. The van der Waals surface area contributed by atoms with Gasteiger partial charge in [-0.15, -0.1) is 0 Å². The molecule has 3 unspecified atom stereocenters. The van der Waals surface area contributed by atoms with Crippen LogP contribution in [0.15, 0.2) is 0 Å². The molecule has 1 N–H and O–H groups in total. The molecule has 4 heteroatoms. The zero-order chi connectivity index (χ0) is 11.6. The van der Waals surface area contributed by atoms with E-state index >= 15 is 0 Å². The number of nitrogens with zero attached hydrogens (tertiary/aromatic N) is 1. The summed E-state index contributed by atoms with van der Waals surface area (Å²) in [5, 5.41) is 10.1. The smallest absolute Gasteiger partial charge is 0.185 e. The van der Waals surface area contributed by atoms with Crippen LogP contribution in [0, 0.1) is 0 Å². The Morgan fingerprint density at radius 1 is 1.40 bits per heavy atom. The number of hydrogen-bond acceptors (Lipinski definition) is 4. The van der Waals surface area contributed by atoms with Crippen LogP contribution in [-0.4, -0.2) is 54.7 Å². The topological polar surface area (TPSA) is 41.9 Å². The quantitative estimate of drug-likeness (QED) is 0.760. The van der Waals surface area contributed by atoms with Gasteiger partial charge < -0.3 is 19.5 Å². The van der Waals surface area contributed by atoms with E-state index in [1.165, 1.54) is 0 Å². The molecule has 1 fully saturated rings. The normalized spacial score (nSPS) is 37.6. The van der Waals surface area contributed by atoms with Gasteiger partial charge in [-0.05, 0) is 41.3 Å². The van der Waals surface area contributed by atoms with Crippen LogP contribution in [-0.2, 0) is 9.47 Å². The monoisotopic (exact) mass is 217 g/mol. The van der Waals surface area contributed by atoms with Crippen LogP contribution in [0.2, 0.25) is 0 Å². The van der Waals surface area contributed by atoms with Gasteiger partial charge in [-0.2, -0.15) is 0 Å². The Labute approximate surface area is 92.2 Å². The molecule has 0 bridgehead atoms. The lowest BCUT2D eigenvalue weighted by molar-refractivity contribution is -0.263. The molecule has 1 saturated heterocycles. The highest BCUT2D eigenvalue weighted by molar-refractivity contribution is 4.85. The van der Waals surface area contributed by atoms with E-state index in [0.29, 0.717) is 0 Å². The third-order valence-corrected chi connectivity index (χ3v) is 2.68. The number of aliphatic hydroxyl groups is 1. The molecule has 1 aliphatic heterocycles. The van der Waals surface area contributed by atoms with Crippen molar-refractivity contribution in [1.29, 1.82) is 0 Å². The first-order chi connectivity index (χ1) is 6.91. The molecule has 0 amide bonds. The van der Waals surface area contributed by atoms with Crippen molar-refractivity contribution in [3.8, 4) is 0 Å². The lowest BCUT2D eigenvalue weighted by Crippen LogP contribution is -2.54. The molecule has 0 saturated carbocycles. The number of rotatable bonds is 3. The molecular formula is C11H23NO3. The van der Waals surface area contributed by atoms with Crippen molar-refractivity contribution in [2.24, 2.45) is 0 Å². The van der Waals surface area contributed by atoms with Crippen molar-refractivity contribution < 1.29 is 14.6 Å². The summed E-state index contributed by atoms with van der Waals surface area (Å²) in [7, 11) is 3.94. The molecule has 1 heterocycles. The minimum atomic E-state index is -0.571. The van der Waals surface area contributed by atoms with Crippen LogP contribution in [0.25, 0.3) is 0 Å². The summed E-state index contributed by atoms with van der Waals surface area (Å²) in [6.45, 7) is 5.90. The van der Waals surface area contributed by atoms with Crippen LogP contribution in [0.1, 0.15) is 27.2 Å². The predicted molar refractivity (Wildman–Crippen MR) is 58.7 cm³/mol. The van der Waals surface area contributed by atoms with Gasteiger partial charge in [0.2, 0.25) is 0 Å². The molecule has 0 radical (unpaired) electrons. The zero-order valence-electron chi connectivity index (χ0n) is 10.3. The zero-order valence-corrected chi connectivity index (χ0v) is 10.3. The van der Waals surface area contributed by atoms with Crippen molar-refractivity contribution in [3.05, 3.63) is 0 Å². The summed E-state index contributed by atoms with van der Waals surface area (Å²) >= 11 is 0. The first-order valence-corrected chi connectivity index (χ1v) is 5.57. The second-order valence-corrected chi connectivity index (χ2v) is 4.76. The van der Waals surface area contributed by atoms with Gasteiger partial charge in [-0.3, -0.25) is 0 Å². The molecule has 4 nitrogen and oxygen atoms in total. The largest absolute Gasteiger partial charge is 0.386 e. The molecule has 0 aromatic rings. The fourth-order valence-electron chi connectivity index (χ4n) is 1.92. The number of aliphatic hydroxyl groups excluding tert-OH is 1. The van der Waals surface area contributed by atoms with E-state index < -0.39 is 12.4 Å². The Kier molecular flexibility index (Phi) is 4.52. The van der Waals surface area contributed by atoms with E-state index in [2.05, 4.69) is 0 Å². The van der Waals surface area contributed by atoms with E-state index in [1.54, 1.807) is 0 Å². The van der Waals surface area contributed by atoms with Crippen LogP contribution in [0.3, 0.4) is 0 Å². The first-order valence-electron chi connectivity index (χ1n) is 5.57. The maximum Gasteiger partial charge on any atom is 0.185 e. The Hall–Kier alpha value is -0.160. The fraction of sp³-hybridized carbons (Fsp3) is 1.00. The Bertz CT molecular complexity index is 194. The maximum atomic E-state index is 10.1. The molecule has 0 aromatic heterocycles. The van der Waals surface area contributed by atoms with E-state index in [9.17, 15) is 5.11 Å². The van der Waals surface area contributed by atoms with E-state index in [4.69, 9.17) is 9.47 Å². The van der Waals surface area contributed by atoms with Crippen molar-refractivity contribution in [1.82, 2.24) is 4.90 Å². The summed E-state index contributed by atoms with van der Waals surface area (Å²) in [6.07, 6.45) is -0.0337. The van der Waals surface area contributed by atoms with Crippen molar-refractivity contribution >= 4 is 0 Å². The molecule has 1 rings (SSSR count). The summed E-state index contributed by atoms with van der Waals surface area (Å²) in [5.74, 6) is 0. The fourth-order valence-corrected chi connectivity index (χ4v) is 1.92. The molecule has 0 spiro atoms. The second kappa shape index (κ2) is 5.25. The molecular weight excluding hydrogens is 194 g/mol. The molecule has 4 atom stereocenters. The van der Waals surface area contributed by atoms with Crippen molar-refractivity contribution in [2.45, 2.75) is 57.8 Å². The number of ether oxygens (including phenoxy) is 2. The Balaban J connectivity index is 2.63. The SMILES string of the molecule is CC(C)O[C@@H]1OC(C)CC(N(C)C)C1O. The molecule has 90 valence electrons. The van der Waals surface area contributed by atoms with Gasteiger partial charge in [0.25, 0.3) is 0 Å². The lowest BCUT2D eigenvalue weighted by Gasteiger charge is -2.41. The van der Waals surface area contributed by atoms with Gasteiger partial charge in [0.15, 0.2) is 6.29 Å². The number of likely N-dealkylation sites (N-methyl/N-ethyl adjacent to an activating group) is 1. The third kappa shape index (κ3) is 3.41. The highest BCUT2D eigenvalue weighted by Crippen LogP contribution is 2.24. The van der Waals surface area contributed by atoms with Crippen molar-refractivity contribution in [3.63, 3.8) is 0 Å². The minimum absolute atomic E-state index is 0.0674. The second-order valence-electron chi connectivity index (χ2n) is 4.76. The van der Waals surface area contributed by atoms with Gasteiger partial charge >= 0.3 is 0 Å². The van der Waals surface area contributed by atoms with Crippen LogP contribution < -0.4 is 0 Å². The van der Waals surface area contributed by atoms with Gasteiger partial charge in [-0.25, -0.2) is 0 Å². The third-order valence-electron chi connectivity index (χ3n) is 2.68. The van der Waals surface area contributed by atoms with Gasteiger partial charge in [0.1, 0.15) is 6.10 Å². The average molecular weight is 217 g/mol. The van der Waals surface area contributed by atoms with Gasteiger partial charge in [0, 0.05) is 6.04 Å². The van der Waals surface area contributed by atoms with E-state index in [-0.39, 0.29) is 18.2 Å².